The molecule has 0 amide bonds. The predicted octanol–water partition coefficient (Wildman–Crippen LogP) is 2.47. The molecule has 0 saturated carbocycles. The molecule has 0 aliphatic carbocycles. The molecule has 1 aromatic rings. The Labute approximate surface area is 146 Å². The van der Waals surface area contributed by atoms with Gasteiger partial charge in [-0.2, -0.15) is 0 Å². The predicted molar refractivity (Wildman–Crippen MR) is 101 cm³/mol. The Balaban J connectivity index is 1.45. The van der Waals surface area contributed by atoms with Gasteiger partial charge in [-0.15, -0.1) is 0 Å². The number of hydrogen-bond donors (Lipinski definition) is 1. The summed E-state index contributed by atoms with van der Waals surface area (Å²) in [6.07, 6.45) is 3.76. The largest absolute Gasteiger partial charge is 0.356 e. The summed E-state index contributed by atoms with van der Waals surface area (Å²) in [6.45, 7) is 9.23. The van der Waals surface area contributed by atoms with Gasteiger partial charge in [0.15, 0.2) is 5.96 Å². The van der Waals surface area contributed by atoms with Crippen LogP contribution in [0.2, 0.25) is 0 Å². The highest BCUT2D eigenvalue weighted by molar-refractivity contribution is 5.80. The fraction of sp³-hybridized carbons (Fsp3) is 0.650. The van der Waals surface area contributed by atoms with Gasteiger partial charge in [0.1, 0.15) is 0 Å². The highest BCUT2D eigenvalue weighted by Gasteiger charge is 2.26. The Kier molecular flexibility index (Phi) is 6.13. The van der Waals surface area contributed by atoms with E-state index in [1.807, 2.05) is 7.05 Å². The Morgan fingerprint density at radius 2 is 1.92 bits per heavy atom. The Morgan fingerprint density at radius 3 is 2.62 bits per heavy atom. The molecule has 4 heteroatoms. The first kappa shape index (κ1) is 17.3. The Morgan fingerprint density at radius 1 is 1.12 bits per heavy atom. The molecule has 4 nitrogen and oxygen atoms in total. The molecule has 2 heterocycles. The monoisotopic (exact) mass is 328 g/mol. The molecule has 2 saturated heterocycles. The van der Waals surface area contributed by atoms with E-state index in [-0.39, 0.29) is 0 Å². The average Bonchev–Trinajstić information content (AvgIpc) is 3.26. The zero-order valence-corrected chi connectivity index (χ0v) is 15.2. The zero-order valence-electron chi connectivity index (χ0n) is 15.2. The van der Waals surface area contributed by atoms with Crippen molar-refractivity contribution in [1.82, 2.24) is 15.1 Å². The van der Waals surface area contributed by atoms with Crippen LogP contribution in [0.1, 0.15) is 25.3 Å². The van der Waals surface area contributed by atoms with Crippen molar-refractivity contribution in [1.29, 1.82) is 0 Å². The minimum atomic E-state index is 0.744. The van der Waals surface area contributed by atoms with E-state index in [1.54, 1.807) is 0 Å². The molecule has 132 valence electrons. The van der Waals surface area contributed by atoms with E-state index >= 15 is 0 Å². The second-order valence-corrected chi connectivity index (χ2v) is 7.27. The highest BCUT2D eigenvalue weighted by atomic mass is 15.3. The number of hydrogen-bond acceptors (Lipinski definition) is 2. The molecule has 1 N–H and O–H groups in total. The molecule has 0 radical (unpaired) electrons. The molecule has 24 heavy (non-hydrogen) atoms. The molecule has 0 bridgehead atoms. The first-order valence-corrected chi connectivity index (χ1v) is 9.50. The molecular weight excluding hydrogens is 296 g/mol. The van der Waals surface area contributed by atoms with Crippen LogP contribution in [0.3, 0.4) is 0 Å². The van der Waals surface area contributed by atoms with Crippen molar-refractivity contribution >= 4 is 5.96 Å². The topological polar surface area (TPSA) is 30.9 Å². The van der Waals surface area contributed by atoms with Gasteiger partial charge in [-0.05, 0) is 49.8 Å². The highest BCUT2D eigenvalue weighted by Crippen LogP contribution is 2.21. The molecule has 1 aromatic carbocycles. The zero-order chi connectivity index (χ0) is 16.8. The third kappa shape index (κ3) is 4.50. The molecule has 2 aliphatic heterocycles. The molecular formula is C20H32N4. The fourth-order valence-electron chi connectivity index (χ4n) is 4.07. The van der Waals surface area contributed by atoms with Crippen LogP contribution in [0.15, 0.2) is 35.3 Å². The lowest BCUT2D eigenvalue weighted by atomic mass is 9.99. The van der Waals surface area contributed by atoms with E-state index < -0.39 is 0 Å². The molecule has 0 spiro atoms. The van der Waals surface area contributed by atoms with Crippen molar-refractivity contribution in [3.05, 3.63) is 35.9 Å². The van der Waals surface area contributed by atoms with Gasteiger partial charge < -0.3 is 15.1 Å². The molecule has 2 atom stereocenters. The van der Waals surface area contributed by atoms with E-state index in [9.17, 15) is 0 Å². The van der Waals surface area contributed by atoms with E-state index in [2.05, 4.69) is 57.4 Å². The third-order valence-corrected chi connectivity index (χ3v) is 5.53. The normalized spacial score (nSPS) is 25.4. The summed E-state index contributed by atoms with van der Waals surface area (Å²) in [4.78, 5) is 9.52. The average molecular weight is 329 g/mol. The lowest BCUT2D eigenvalue weighted by Gasteiger charge is -2.23. The standard InChI is InChI=1S/C20H32N4/c1-3-23-11-9-19(15-23)14-22-20(21-2)24-12-10-18(16-24)13-17-7-5-4-6-8-17/h4-8,18-19H,3,9-16H2,1-2H3,(H,21,22). The van der Waals surface area contributed by atoms with Crippen LogP contribution in [0.5, 0.6) is 0 Å². The fourth-order valence-corrected chi connectivity index (χ4v) is 4.07. The van der Waals surface area contributed by atoms with E-state index in [0.717, 1.165) is 37.4 Å². The van der Waals surface area contributed by atoms with Gasteiger partial charge in [0.2, 0.25) is 0 Å². The van der Waals surface area contributed by atoms with Gasteiger partial charge in [-0.3, -0.25) is 4.99 Å². The van der Waals surface area contributed by atoms with E-state index in [4.69, 9.17) is 0 Å². The van der Waals surface area contributed by atoms with Crippen molar-refractivity contribution in [2.24, 2.45) is 16.8 Å². The number of aliphatic imine (C=N–C) groups is 1. The Hall–Kier alpha value is -1.55. The maximum absolute atomic E-state index is 4.53. The van der Waals surface area contributed by atoms with Crippen molar-refractivity contribution < 1.29 is 0 Å². The summed E-state index contributed by atoms with van der Waals surface area (Å²) >= 11 is 0. The number of likely N-dealkylation sites (tertiary alicyclic amines) is 2. The SMILES string of the molecule is CCN1CCC(CNC(=NC)N2CCC(Cc3ccccc3)C2)C1. The number of guanidine groups is 1. The minimum absolute atomic E-state index is 0.744. The van der Waals surface area contributed by atoms with Gasteiger partial charge >= 0.3 is 0 Å². The second kappa shape index (κ2) is 8.52. The number of nitrogens with zero attached hydrogens (tertiary/aromatic N) is 3. The van der Waals surface area contributed by atoms with Gasteiger partial charge in [0.25, 0.3) is 0 Å². The number of rotatable bonds is 5. The minimum Gasteiger partial charge on any atom is -0.356 e. The van der Waals surface area contributed by atoms with Crippen molar-refractivity contribution in [2.75, 3.05) is 46.3 Å². The van der Waals surface area contributed by atoms with Crippen molar-refractivity contribution in [3.8, 4) is 0 Å². The number of nitrogens with one attached hydrogen (secondary N) is 1. The maximum Gasteiger partial charge on any atom is 0.193 e. The van der Waals surface area contributed by atoms with Crippen LogP contribution < -0.4 is 5.32 Å². The smallest absolute Gasteiger partial charge is 0.193 e. The molecule has 0 aromatic heterocycles. The summed E-state index contributed by atoms with van der Waals surface area (Å²) in [5, 5.41) is 3.63. The van der Waals surface area contributed by atoms with E-state index in [0.29, 0.717) is 0 Å². The summed E-state index contributed by atoms with van der Waals surface area (Å²) in [5.74, 6) is 2.61. The van der Waals surface area contributed by atoms with Crippen molar-refractivity contribution in [3.63, 3.8) is 0 Å². The number of benzene rings is 1. The summed E-state index contributed by atoms with van der Waals surface area (Å²) in [5.41, 5.74) is 1.46. The van der Waals surface area contributed by atoms with Crippen LogP contribution >= 0.6 is 0 Å². The van der Waals surface area contributed by atoms with Crippen LogP contribution in [0.25, 0.3) is 0 Å². The molecule has 2 unspecified atom stereocenters. The van der Waals surface area contributed by atoms with Gasteiger partial charge in [0, 0.05) is 33.2 Å². The van der Waals surface area contributed by atoms with Crippen LogP contribution in [-0.2, 0) is 6.42 Å². The quantitative estimate of drug-likeness (QED) is 0.665. The van der Waals surface area contributed by atoms with Gasteiger partial charge in [0.05, 0.1) is 0 Å². The van der Waals surface area contributed by atoms with Gasteiger partial charge in [-0.1, -0.05) is 37.3 Å². The van der Waals surface area contributed by atoms with E-state index in [1.165, 1.54) is 44.5 Å². The molecule has 3 rings (SSSR count). The van der Waals surface area contributed by atoms with Crippen LogP contribution in [0, 0.1) is 11.8 Å². The van der Waals surface area contributed by atoms with Crippen molar-refractivity contribution in [2.45, 2.75) is 26.2 Å². The Bertz CT molecular complexity index is 528. The summed E-state index contributed by atoms with van der Waals surface area (Å²) in [6, 6.07) is 10.9. The van der Waals surface area contributed by atoms with Crippen LogP contribution in [-0.4, -0.2) is 62.1 Å². The first-order valence-electron chi connectivity index (χ1n) is 9.50. The molecule has 2 aliphatic rings. The van der Waals surface area contributed by atoms with Crippen LogP contribution in [0.4, 0.5) is 0 Å². The van der Waals surface area contributed by atoms with Gasteiger partial charge in [-0.25, -0.2) is 0 Å². The lowest BCUT2D eigenvalue weighted by Crippen LogP contribution is -2.42. The summed E-state index contributed by atoms with van der Waals surface area (Å²) < 4.78 is 0. The summed E-state index contributed by atoms with van der Waals surface area (Å²) in [7, 11) is 1.92. The first-order chi connectivity index (χ1) is 11.8. The maximum atomic E-state index is 4.53. The second-order valence-electron chi connectivity index (χ2n) is 7.27. The third-order valence-electron chi connectivity index (χ3n) is 5.53. The lowest BCUT2D eigenvalue weighted by molar-refractivity contribution is 0.340. The molecule has 2 fully saturated rings.